The molecule has 1 amide bonds. The minimum absolute atomic E-state index is 0.0826. The van der Waals surface area contributed by atoms with Crippen LogP contribution in [0.1, 0.15) is 10.6 Å². The van der Waals surface area contributed by atoms with Crippen molar-refractivity contribution in [2.24, 2.45) is 0 Å². The number of rotatable bonds is 2. The third kappa shape index (κ3) is 1.80. The van der Waals surface area contributed by atoms with Crippen molar-refractivity contribution in [2.75, 3.05) is 0 Å². The average Bonchev–Trinajstić information content (AvgIpc) is 2.78. The zero-order chi connectivity index (χ0) is 11.5. The molecule has 5 heteroatoms. The highest BCUT2D eigenvalue weighted by Crippen LogP contribution is 2.24. The van der Waals surface area contributed by atoms with Gasteiger partial charge in [-0.25, -0.2) is 9.87 Å². The van der Waals surface area contributed by atoms with Crippen molar-refractivity contribution in [3.05, 3.63) is 48.0 Å². The predicted octanol–water partition coefficient (Wildman–Crippen LogP) is 2.20. The second-order valence-electron chi connectivity index (χ2n) is 3.08. The Bertz CT molecular complexity index is 521. The minimum Gasteiger partial charge on any atom is -0.451 e. The van der Waals surface area contributed by atoms with Crippen LogP contribution < -0.4 is 5.48 Å². The van der Waals surface area contributed by atoms with Crippen molar-refractivity contribution in [1.82, 2.24) is 5.48 Å². The standard InChI is InChI=1S/C11H8FNO3/c12-8-4-2-1-3-7(8)9-5-6-10(16-9)11(14)13-15/h1-6,15H,(H,13,14). The molecule has 1 heterocycles. The summed E-state index contributed by atoms with van der Waals surface area (Å²) in [5.41, 5.74) is 1.70. The van der Waals surface area contributed by atoms with E-state index in [2.05, 4.69) is 0 Å². The summed E-state index contributed by atoms with van der Waals surface area (Å²) < 4.78 is 18.4. The van der Waals surface area contributed by atoms with E-state index < -0.39 is 11.7 Å². The van der Waals surface area contributed by atoms with E-state index in [1.54, 1.807) is 12.1 Å². The number of hydrogen-bond acceptors (Lipinski definition) is 3. The molecular weight excluding hydrogens is 213 g/mol. The highest BCUT2D eigenvalue weighted by molar-refractivity contribution is 5.91. The molecule has 0 bridgehead atoms. The normalized spacial score (nSPS) is 10.1. The highest BCUT2D eigenvalue weighted by Gasteiger charge is 2.13. The fraction of sp³-hybridized carbons (Fsp3) is 0. The summed E-state index contributed by atoms with van der Waals surface area (Å²) in [7, 11) is 0. The minimum atomic E-state index is -0.775. The van der Waals surface area contributed by atoms with Crippen molar-refractivity contribution in [3.8, 4) is 11.3 Å². The molecule has 16 heavy (non-hydrogen) atoms. The molecule has 0 radical (unpaired) electrons. The molecule has 2 aromatic rings. The highest BCUT2D eigenvalue weighted by atomic mass is 19.1. The van der Waals surface area contributed by atoms with E-state index in [0.29, 0.717) is 0 Å². The number of carbonyl (C=O) groups excluding carboxylic acids is 1. The Morgan fingerprint density at radius 1 is 1.25 bits per heavy atom. The summed E-state index contributed by atoms with van der Waals surface area (Å²) >= 11 is 0. The summed E-state index contributed by atoms with van der Waals surface area (Å²) in [6.07, 6.45) is 0. The maximum absolute atomic E-state index is 13.4. The van der Waals surface area contributed by atoms with Crippen molar-refractivity contribution in [1.29, 1.82) is 0 Å². The first-order chi connectivity index (χ1) is 7.72. The summed E-state index contributed by atoms with van der Waals surface area (Å²) in [6.45, 7) is 0. The first-order valence-electron chi connectivity index (χ1n) is 4.51. The molecule has 0 saturated carbocycles. The van der Waals surface area contributed by atoms with Crippen LogP contribution in [0.5, 0.6) is 0 Å². The Morgan fingerprint density at radius 2 is 2.00 bits per heavy atom. The number of furan rings is 1. The number of carbonyl (C=O) groups is 1. The smallest absolute Gasteiger partial charge is 0.310 e. The zero-order valence-corrected chi connectivity index (χ0v) is 8.11. The first kappa shape index (κ1) is 10.4. The van der Waals surface area contributed by atoms with E-state index in [4.69, 9.17) is 9.62 Å². The van der Waals surface area contributed by atoms with Crippen LogP contribution in [0.2, 0.25) is 0 Å². The summed E-state index contributed by atoms with van der Waals surface area (Å²) in [5, 5.41) is 8.39. The molecule has 82 valence electrons. The predicted molar refractivity (Wildman–Crippen MR) is 53.4 cm³/mol. The number of amides is 1. The molecule has 0 atom stereocenters. The van der Waals surface area contributed by atoms with E-state index in [0.717, 1.165) is 0 Å². The van der Waals surface area contributed by atoms with Crippen LogP contribution in [0.3, 0.4) is 0 Å². The van der Waals surface area contributed by atoms with E-state index >= 15 is 0 Å². The summed E-state index contributed by atoms with van der Waals surface area (Å²) in [6, 6.07) is 8.87. The van der Waals surface area contributed by atoms with Crippen LogP contribution in [-0.2, 0) is 0 Å². The van der Waals surface area contributed by atoms with Crippen molar-refractivity contribution < 1.29 is 18.8 Å². The lowest BCUT2D eigenvalue weighted by atomic mass is 10.1. The van der Waals surface area contributed by atoms with Crippen LogP contribution >= 0.6 is 0 Å². The van der Waals surface area contributed by atoms with Gasteiger partial charge in [-0.3, -0.25) is 10.0 Å². The molecule has 0 aliphatic carbocycles. The number of nitrogens with one attached hydrogen (secondary N) is 1. The average molecular weight is 221 g/mol. The Morgan fingerprint density at radius 3 is 2.69 bits per heavy atom. The van der Waals surface area contributed by atoms with Crippen molar-refractivity contribution in [3.63, 3.8) is 0 Å². The van der Waals surface area contributed by atoms with Crippen LogP contribution in [-0.4, -0.2) is 11.1 Å². The first-order valence-corrected chi connectivity index (χ1v) is 4.51. The molecular formula is C11H8FNO3. The molecule has 0 unspecified atom stereocenters. The van der Waals surface area contributed by atoms with Gasteiger partial charge >= 0.3 is 5.91 Å². The van der Waals surface area contributed by atoms with E-state index in [1.807, 2.05) is 0 Å². The van der Waals surface area contributed by atoms with Crippen LogP contribution in [0.4, 0.5) is 4.39 Å². The van der Waals surface area contributed by atoms with Gasteiger partial charge in [0.1, 0.15) is 11.6 Å². The van der Waals surface area contributed by atoms with Crippen LogP contribution in [0, 0.1) is 5.82 Å². The molecule has 0 saturated heterocycles. The van der Waals surface area contributed by atoms with Gasteiger partial charge in [0.05, 0.1) is 5.56 Å². The SMILES string of the molecule is O=C(NO)c1ccc(-c2ccccc2F)o1. The molecule has 0 aliphatic heterocycles. The maximum atomic E-state index is 13.4. The number of hydroxylamine groups is 1. The maximum Gasteiger partial charge on any atom is 0.310 e. The van der Waals surface area contributed by atoms with Gasteiger partial charge in [-0.15, -0.1) is 0 Å². The quantitative estimate of drug-likeness (QED) is 0.603. The molecule has 2 N–H and O–H groups in total. The zero-order valence-electron chi connectivity index (χ0n) is 8.11. The van der Waals surface area contributed by atoms with Gasteiger partial charge in [-0.2, -0.15) is 0 Å². The Kier molecular flexibility index (Phi) is 2.70. The van der Waals surface area contributed by atoms with E-state index in [1.165, 1.54) is 29.7 Å². The van der Waals surface area contributed by atoms with Gasteiger partial charge < -0.3 is 4.42 Å². The largest absolute Gasteiger partial charge is 0.451 e. The van der Waals surface area contributed by atoms with Gasteiger partial charge in [-0.05, 0) is 24.3 Å². The van der Waals surface area contributed by atoms with Crippen LogP contribution in [0.15, 0.2) is 40.8 Å². The second-order valence-corrected chi connectivity index (χ2v) is 3.08. The Labute approximate surface area is 90.3 Å². The van der Waals surface area contributed by atoms with Gasteiger partial charge in [0, 0.05) is 0 Å². The van der Waals surface area contributed by atoms with Gasteiger partial charge in [0.25, 0.3) is 0 Å². The number of halogens is 1. The Hall–Kier alpha value is -2.14. The summed E-state index contributed by atoms with van der Waals surface area (Å²) in [5.74, 6) is -1.06. The van der Waals surface area contributed by atoms with Gasteiger partial charge in [0.15, 0.2) is 5.76 Å². The topological polar surface area (TPSA) is 62.5 Å². The third-order valence-corrected chi connectivity index (χ3v) is 2.07. The lowest BCUT2D eigenvalue weighted by Crippen LogP contribution is -2.17. The lowest BCUT2D eigenvalue weighted by Gasteiger charge is -1.98. The molecule has 2 rings (SSSR count). The molecule has 0 spiro atoms. The molecule has 4 nitrogen and oxygen atoms in total. The molecule has 0 aliphatic rings. The fourth-order valence-corrected chi connectivity index (χ4v) is 1.32. The monoisotopic (exact) mass is 221 g/mol. The van der Waals surface area contributed by atoms with E-state index in [-0.39, 0.29) is 17.1 Å². The van der Waals surface area contributed by atoms with E-state index in [9.17, 15) is 9.18 Å². The number of benzene rings is 1. The lowest BCUT2D eigenvalue weighted by molar-refractivity contribution is 0.0677. The van der Waals surface area contributed by atoms with Crippen molar-refractivity contribution in [2.45, 2.75) is 0 Å². The molecule has 1 aromatic heterocycles. The van der Waals surface area contributed by atoms with Crippen LogP contribution in [0.25, 0.3) is 11.3 Å². The fourth-order valence-electron chi connectivity index (χ4n) is 1.32. The van der Waals surface area contributed by atoms with Gasteiger partial charge in [0.2, 0.25) is 0 Å². The number of hydrogen-bond donors (Lipinski definition) is 2. The van der Waals surface area contributed by atoms with Crippen molar-refractivity contribution >= 4 is 5.91 Å². The second kappa shape index (κ2) is 4.16. The Balaban J connectivity index is 2.39. The third-order valence-electron chi connectivity index (χ3n) is 2.07. The molecule has 0 fully saturated rings. The van der Waals surface area contributed by atoms with Gasteiger partial charge in [-0.1, -0.05) is 12.1 Å². The molecule has 1 aromatic carbocycles. The summed E-state index contributed by atoms with van der Waals surface area (Å²) in [4.78, 5) is 11.0.